The summed E-state index contributed by atoms with van der Waals surface area (Å²) in [4.78, 5) is 24.5. The largest absolute Gasteiger partial charge is 0.361 e. The molecule has 1 amide bonds. The van der Waals surface area contributed by atoms with Crippen LogP contribution in [0.4, 0.5) is 0 Å². The predicted octanol–water partition coefficient (Wildman–Crippen LogP) is 1.46. The normalized spacial score (nSPS) is 19.3. The van der Waals surface area contributed by atoms with E-state index in [1.54, 1.807) is 6.20 Å². The molecule has 0 aromatic carbocycles. The minimum atomic E-state index is 0.117. The van der Waals surface area contributed by atoms with Crippen LogP contribution < -0.4 is 0 Å². The number of hydrogen-bond donors (Lipinski definition) is 1. The van der Waals surface area contributed by atoms with Crippen molar-refractivity contribution < 1.29 is 9.32 Å². The first kappa shape index (κ1) is 15.7. The topological polar surface area (TPSA) is 78.3 Å². The van der Waals surface area contributed by atoms with Crippen molar-refractivity contribution in [3.63, 3.8) is 0 Å². The Hall–Kier alpha value is -2.15. The van der Waals surface area contributed by atoms with Crippen molar-refractivity contribution in [1.82, 2.24) is 24.9 Å². The molecule has 0 aliphatic carbocycles. The van der Waals surface area contributed by atoms with E-state index in [4.69, 9.17) is 4.52 Å². The number of hydrogen-bond acceptors (Lipinski definition) is 5. The van der Waals surface area contributed by atoms with Crippen molar-refractivity contribution in [2.24, 2.45) is 0 Å². The van der Waals surface area contributed by atoms with Crippen LogP contribution in [0.5, 0.6) is 0 Å². The molecule has 0 unspecified atom stereocenters. The summed E-state index contributed by atoms with van der Waals surface area (Å²) in [5.74, 6) is 1.76. The van der Waals surface area contributed by atoms with Crippen LogP contribution in [0.1, 0.15) is 35.8 Å². The fourth-order valence-electron chi connectivity index (χ4n) is 3.16. The summed E-state index contributed by atoms with van der Waals surface area (Å²) in [6.07, 6.45) is 3.93. The van der Waals surface area contributed by atoms with Crippen molar-refractivity contribution in [1.29, 1.82) is 0 Å². The average molecular weight is 317 g/mol. The van der Waals surface area contributed by atoms with Crippen molar-refractivity contribution in [3.8, 4) is 0 Å². The van der Waals surface area contributed by atoms with E-state index >= 15 is 0 Å². The Kier molecular flexibility index (Phi) is 4.47. The van der Waals surface area contributed by atoms with E-state index in [9.17, 15) is 4.79 Å². The number of piperazine rings is 1. The van der Waals surface area contributed by atoms with Gasteiger partial charge in [0, 0.05) is 37.6 Å². The number of imidazole rings is 1. The zero-order chi connectivity index (χ0) is 16.4. The molecule has 3 rings (SSSR count). The Morgan fingerprint density at radius 3 is 2.87 bits per heavy atom. The van der Waals surface area contributed by atoms with Crippen LogP contribution in [0.2, 0.25) is 0 Å². The molecule has 1 aliphatic heterocycles. The smallest absolute Gasteiger partial charge is 0.227 e. The summed E-state index contributed by atoms with van der Waals surface area (Å²) in [6, 6.07) is 0.123. The Balaban J connectivity index is 1.72. The minimum absolute atomic E-state index is 0.117. The van der Waals surface area contributed by atoms with Gasteiger partial charge in [-0.05, 0) is 20.4 Å². The first-order valence-electron chi connectivity index (χ1n) is 8.03. The van der Waals surface area contributed by atoms with Crippen LogP contribution in [0.3, 0.4) is 0 Å². The van der Waals surface area contributed by atoms with Crippen LogP contribution in [0.25, 0.3) is 0 Å². The first-order chi connectivity index (χ1) is 11.1. The lowest BCUT2D eigenvalue weighted by molar-refractivity contribution is -0.133. The van der Waals surface area contributed by atoms with E-state index in [2.05, 4.69) is 26.9 Å². The van der Waals surface area contributed by atoms with Crippen LogP contribution in [0.15, 0.2) is 16.9 Å². The molecule has 1 aliphatic rings. The van der Waals surface area contributed by atoms with Gasteiger partial charge >= 0.3 is 0 Å². The number of nitrogens with zero attached hydrogens (tertiary/aromatic N) is 4. The molecule has 1 saturated heterocycles. The van der Waals surface area contributed by atoms with Gasteiger partial charge in [0.1, 0.15) is 11.6 Å². The van der Waals surface area contributed by atoms with E-state index < -0.39 is 0 Å². The highest BCUT2D eigenvalue weighted by Crippen LogP contribution is 2.23. The van der Waals surface area contributed by atoms with Gasteiger partial charge in [0.25, 0.3) is 0 Å². The molecule has 7 nitrogen and oxygen atoms in total. The summed E-state index contributed by atoms with van der Waals surface area (Å²) in [7, 11) is 0. The summed E-state index contributed by atoms with van der Waals surface area (Å²) >= 11 is 0. The summed E-state index contributed by atoms with van der Waals surface area (Å²) < 4.78 is 5.15. The zero-order valence-corrected chi connectivity index (χ0v) is 13.9. The highest BCUT2D eigenvalue weighted by molar-refractivity contribution is 5.79. The Labute approximate surface area is 135 Å². The molecule has 3 heterocycles. The Bertz CT molecular complexity index is 645. The third-order valence-electron chi connectivity index (χ3n) is 4.59. The molecule has 0 spiro atoms. The molecule has 0 bridgehead atoms. The molecule has 2 aromatic rings. The van der Waals surface area contributed by atoms with Gasteiger partial charge in [0.15, 0.2) is 0 Å². The van der Waals surface area contributed by atoms with Gasteiger partial charge in [-0.2, -0.15) is 0 Å². The van der Waals surface area contributed by atoms with Gasteiger partial charge < -0.3 is 14.4 Å². The second-order valence-corrected chi connectivity index (χ2v) is 5.94. The zero-order valence-electron chi connectivity index (χ0n) is 13.9. The number of H-pyrrole nitrogens is 1. The molecule has 2 aromatic heterocycles. The quantitative estimate of drug-likeness (QED) is 0.924. The molecule has 1 N–H and O–H groups in total. The molecular weight excluding hydrogens is 294 g/mol. The maximum atomic E-state index is 12.7. The lowest BCUT2D eigenvalue weighted by atomic mass is 10.1. The van der Waals surface area contributed by atoms with Crippen molar-refractivity contribution in [3.05, 3.63) is 35.2 Å². The molecule has 0 saturated carbocycles. The number of aromatic nitrogens is 3. The SMILES string of the molecule is CCN1CCN(C(=O)Cc2c(C)noc2C)C[C@@H]1c1ncc[nH]1. The maximum absolute atomic E-state index is 12.7. The number of nitrogens with one attached hydrogen (secondary N) is 1. The highest BCUT2D eigenvalue weighted by Gasteiger charge is 2.31. The lowest BCUT2D eigenvalue weighted by Crippen LogP contribution is -2.51. The molecule has 23 heavy (non-hydrogen) atoms. The van der Waals surface area contributed by atoms with Gasteiger partial charge in [-0.15, -0.1) is 0 Å². The van der Waals surface area contributed by atoms with Crippen molar-refractivity contribution in [2.45, 2.75) is 33.2 Å². The third kappa shape index (κ3) is 3.14. The fraction of sp³-hybridized carbons (Fsp3) is 0.562. The van der Waals surface area contributed by atoms with Gasteiger partial charge in [0.05, 0.1) is 18.2 Å². The lowest BCUT2D eigenvalue weighted by Gasteiger charge is -2.40. The van der Waals surface area contributed by atoms with E-state index in [0.29, 0.717) is 13.0 Å². The number of aryl methyl sites for hydroxylation is 2. The number of likely N-dealkylation sites (N-methyl/N-ethyl adjacent to an activating group) is 1. The summed E-state index contributed by atoms with van der Waals surface area (Å²) in [6.45, 7) is 9.06. The number of carbonyl (C=O) groups is 1. The summed E-state index contributed by atoms with van der Waals surface area (Å²) in [5, 5.41) is 3.93. The van der Waals surface area contributed by atoms with E-state index in [1.165, 1.54) is 0 Å². The molecular formula is C16H23N5O2. The predicted molar refractivity (Wildman–Crippen MR) is 84.8 cm³/mol. The second kappa shape index (κ2) is 6.54. The monoisotopic (exact) mass is 317 g/mol. The minimum Gasteiger partial charge on any atom is -0.361 e. The maximum Gasteiger partial charge on any atom is 0.227 e. The van der Waals surface area contributed by atoms with Crippen molar-refractivity contribution in [2.75, 3.05) is 26.2 Å². The van der Waals surface area contributed by atoms with Gasteiger partial charge in [-0.25, -0.2) is 4.98 Å². The molecule has 1 fully saturated rings. The Morgan fingerprint density at radius 1 is 1.43 bits per heavy atom. The highest BCUT2D eigenvalue weighted by atomic mass is 16.5. The van der Waals surface area contributed by atoms with E-state index in [0.717, 1.165) is 42.5 Å². The number of carbonyl (C=O) groups excluding carboxylic acids is 1. The Morgan fingerprint density at radius 2 is 2.26 bits per heavy atom. The number of rotatable bonds is 4. The fourth-order valence-corrected chi connectivity index (χ4v) is 3.16. The summed E-state index contributed by atoms with van der Waals surface area (Å²) in [5.41, 5.74) is 1.70. The first-order valence-corrected chi connectivity index (χ1v) is 8.03. The van der Waals surface area contributed by atoms with Crippen LogP contribution >= 0.6 is 0 Å². The van der Waals surface area contributed by atoms with E-state index in [-0.39, 0.29) is 11.9 Å². The van der Waals surface area contributed by atoms with Gasteiger partial charge in [0.2, 0.25) is 5.91 Å². The second-order valence-electron chi connectivity index (χ2n) is 5.94. The number of aromatic amines is 1. The van der Waals surface area contributed by atoms with Crippen molar-refractivity contribution >= 4 is 5.91 Å². The average Bonchev–Trinajstić information content (AvgIpc) is 3.20. The van der Waals surface area contributed by atoms with Crippen LogP contribution in [-0.2, 0) is 11.2 Å². The van der Waals surface area contributed by atoms with Crippen LogP contribution in [-0.4, -0.2) is 57.0 Å². The van der Waals surface area contributed by atoms with Gasteiger partial charge in [-0.1, -0.05) is 12.1 Å². The standard InChI is InChI=1S/C16H23N5O2/c1-4-20-7-8-21(10-14(20)16-17-5-6-18-16)15(22)9-13-11(2)19-23-12(13)3/h5-6,14H,4,7-10H2,1-3H3,(H,17,18)/t14-/m1/s1. The molecule has 1 atom stereocenters. The third-order valence-corrected chi connectivity index (χ3v) is 4.59. The van der Waals surface area contributed by atoms with Crippen LogP contribution in [0, 0.1) is 13.8 Å². The van der Waals surface area contributed by atoms with E-state index in [1.807, 2.05) is 24.9 Å². The molecule has 0 radical (unpaired) electrons. The molecule has 124 valence electrons. The van der Waals surface area contributed by atoms with Gasteiger partial charge in [-0.3, -0.25) is 9.69 Å². The molecule has 7 heteroatoms. The number of amides is 1.